The van der Waals surface area contributed by atoms with Crippen molar-refractivity contribution in [3.05, 3.63) is 158 Å². The molecule has 0 unspecified atom stereocenters. The Morgan fingerprint density at radius 1 is 0.444 bits per heavy atom. The Balaban J connectivity index is 1.34. The first-order chi connectivity index (χ1) is 22.3. The van der Waals surface area contributed by atoms with Crippen molar-refractivity contribution < 1.29 is 4.42 Å². The molecule has 5 aromatic heterocycles. The number of nitrogens with zero attached hydrogens (tertiary/aromatic N) is 4. The molecule has 0 saturated carbocycles. The summed E-state index contributed by atoms with van der Waals surface area (Å²) in [7, 11) is -3.00. The highest BCUT2D eigenvalue weighted by Gasteiger charge is 2.46. The van der Waals surface area contributed by atoms with Crippen molar-refractivity contribution in [3.8, 4) is 5.69 Å². The normalized spacial score (nSPS) is 12.0. The topological polar surface area (TPSA) is 56.7 Å². The number of aromatic nitrogens is 4. The molecule has 0 aliphatic rings. The van der Waals surface area contributed by atoms with Gasteiger partial charge in [0.15, 0.2) is 0 Å². The predicted molar refractivity (Wildman–Crippen MR) is 185 cm³/mol. The van der Waals surface area contributed by atoms with Crippen LogP contribution in [0.1, 0.15) is 0 Å². The molecule has 6 heteroatoms. The van der Waals surface area contributed by atoms with E-state index in [0.29, 0.717) is 0 Å². The monoisotopic (exact) mass is 594 g/mol. The van der Waals surface area contributed by atoms with Gasteiger partial charge in [-0.2, -0.15) is 0 Å². The molecule has 0 bridgehead atoms. The minimum Gasteiger partial charge on any atom is -0.456 e. The molecule has 4 aromatic carbocycles. The van der Waals surface area contributed by atoms with Crippen molar-refractivity contribution >= 4 is 73.0 Å². The van der Waals surface area contributed by atoms with Gasteiger partial charge in [-0.05, 0) is 84.0 Å². The molecule has 5 heterocycles. The summed E-state index contributed by atoms with van der Waals surface area (Å²) in [4.78, 5) is 14.9. The Kier molecular flexibility index (Phi) is 5.76. The Labute approximate surface area is 260 Å². The van der Waals surface area contributed by atoms with Gasteiger partial charge in [0.05, 0.1) is 11.0 Å². The van der Waals surface area contributed by atoms with Crippen LogP contribution in [-0.4, -0.2) is 27.6 Å². The second-order valence-corrected chi connectivity index (χ2v) is 14.9. The van der Waals surface area contributed by atoms with Gasteiger partial charge in [-0.1, -0.05) is 60.7 Å². The van der Waals surface area contributed by atoms with E-state index in [2.05, 4.69) is 126 Å². The van der Waals surface area contributed by atoms with Gasteiger partial charge in [-0.15, -0.1) is 0 Å². The summed E-state index contributed by atoms with van der Waals surface area (Å²) in [5.41, 5.74) is 5.15. The predicted octanol–water partition coefficient (Wildman–Crippen LogP) is 6.25. The molecule has 0 amide bonds. The molecule has 0 radical (unpaired) electrons. The molecule has 0 atom stereocenters. The average molecular weight is 595 g/mol. The molecule has 0 saturated heterocycles. The molecule has 0 aliphatic carbocycles. The van der Waals surface area contributed by atoms with Gasteiger partial charge in [0.1, 0.15) is 11.2 Å². The van der Waals surface area contributed by atoms with Gasteiger partial charge in [-0.3, -0.25) is 15.0 Å². The number of fused-ring (bicyclic) bond motifs is 6. The molecule has 0 fully saturated rings. The summed E-state index contributed by atoms with van der Waals surface area (Å²) in [6, 6.07) is 48.7. The van der Waals surface area contributed by atoms with E-state index in [0.717, 1.165) is 48.8 Å². The lowest BCUT2D eigenvalue weighted by atomic mass is 10.1. The van der Waals surface area contributed by atoms with Gasteiger partial charge in [0.2, 0.25) is 8.07 Å². The smallest absolute Gasteiger partial charge is 0.243 e. The fraction of sp³-hybridized carbons (Fsp3) is 0. The largest absolute Gasteiger partial charge is 0.456 e. The molecule has 0 N–H and O–H groups in total. The minimum absolute atomic E-state index is 0.846. The molecule has 9 aromatic rings. The molecule has 5 nitrogen and oxygen atoms in total. The number of benzene rings is 4. The van der Waals surface area contributed by atoms with E-state index in [4.69, 9.17) is 19.4 Å². The molecule has 45 heavy (non-hydrogen) atoms. The zero-order valence-electron chi connectivity index (χ0n) is 24.2. The van der Waals surface area contributed by atoms with Crippen LogP contribution in [0.15, 0.2) is 163 Å². The molecule has 0 spiro atoms. The van der Waals surface area contributed by atoms with E-state index in [1.54, 1.807) is 0 Å². The van der Waals surface area contributed by atoms with Crippen molar-refractivity contribution in [2.24, 2.45) is 0 Å². The van der Waals surface area contributed by atoms with Crippen LogP contribution < -0.4 is 21.1 Å². The molecule has 212 valence electrons. The Morgan fingerprint density at radius 3 is 1.47 bits per heavy atom. The second-order valence-electron chi connectivity index (χ2n) is 11.3. The first kappa shape index (κ1) is 25.6. The van der Waals surface area contributed by atoms with Crippen LogP contribution in [0.4, 0.5) is 0 Å². The van der Waals surface area contributed by atoms with Crippen molar-refractivity contribution in [1.82, 2.24) is 19.5 Å². The SMILES string of the molecule is c1ccc([Si](c2ccc3oc4ccc(-n5c6ccccc6c6ccccc65)cc4c3c2)(c2ccccn2)c2ccccn2)nc1. The number of para-hydroxylation sites is 2. The van der Waals surface area contributed by atoms with Crippen molar-refractivity contribution in [2.45, 2.75) is 0 Å². The number of rotatable bonds is 5. The number of pyridine rings is 3. The number of furan rings is 1. The van der Waals surface area contributed by atoms with Gasteiger partial charge in [0, 0.05) is 61.8 Å². The summed E-state index contributed by atoms with van der Waals surface area (Å²) in [5.74, 6) is 0. The highest BCUT2D eigenvalue weighted by atomic mass is 28.3. The molecule has 0 aliphatic heterocycles. The van der Waals surface area contributed by atoms with Crippen molar-refractivity contribution in [2.75, 3.05) is 0 Å². The van der Waals surface area contributed by atoms with E-state index in [1.807, 2.05) is 36.8 Å². The van der Waals surface area contributed by atoms with Crippen LogP contribution in [0, 0.1) is 0 Å². The number of hydrogen-bond acceptors (Lipinski definition) is 4. The lowest BCUT2D eigenvalue weighted by Crippen LogP contribution is -2.76. The van der Waals surface area contributed by atoms with E-state index in [9.17, 15) is 0 Å². The molecule has 9 rings (SSSR count). The quantitative estimate of drug-likeness (QED) is 0.221. The first-order valence-electron chi connectivity index (χ1n) is 15.0. The average Bonchev–Trinajstić information content (AvgIpc) is 3.65. The zero-order valence-corrected chi connectivity index (χ0v) is 25.2. The summed E-state index contributed by atoms with van der Waals surface area (Å²) in [6.45, 7) is 0. The number of hydrogen-bond donors (Lipinski definition) is 0. The Bertz CT molecular complexity index is 2340. The zero-order chi connectivity index (χ0) is 29.8. The fourth-order valence-corrected chi connectivity index (χ4v) is 11.1. The van der Waals surface area contributed by atoms with Crippen molar-refractivity contribution in [3.63, 3.8) is 0 Å². The van der Waals surface area contributed by atoms with E-state index >= 15 is 0 Å². The summed E-state index contributed by atoms with van der Waals surface area (Å²) >= 11 is 0. The summed E-state index contributed by atoms with van der Waals surface area (Å²) in [6.07, 6.45) is 5.60. The molecular weight excluding hydrogens is 569 g/mol. The van der Waals surface area contributed by atoms with E-state index < -0.39 is 8.07 Å². The third kappa shape index (κ3) is 3.83. The lowest BCUT2D eigenvalue weighted by Gasteiger charge is -2.30. The second kappa shape index (κ2) is 10.1. The van der Waals surface area contributed by atoms with E-state index in [-0.39, 0.29) is 0 Å². The minimum atomic E-state index is -3.00. The van der Waals surface area contributed by atoms with Gasteiger partial charge < -0.3 is 8.98 Å². The fourth-order valence-electron chi connectivity index (χ4n) is 6.93. The van der Waals surface area contributed by atoms with Crippen molar-refractivity contribution in [1.29, 1.82) is 0 Å². The standard InChI is InChI=1S/C39H26N4OSi/c1-3-13-33-29(11-1)30-12-2-4-14-34(30)43(33)27-18-20-35-31(25-27)32-26-28(19-21-36(32)44-35)45(37-15-5-8-22-40-37,38-16-6-9-23-41-38)39-17-7-10-24-42-39/h1-26H. The van der Waals surface area contributed by atoms with Crippen LogP contribution in [-0.2, 0) is 0 Å². The third-order valence-electron chi connectivity index (χ3n) is 8.87. The maximum Gasteiger partial charge on any atom is 0.243 e. The maximum atomic E-state index is 6.44. The van der Waals surface area contributed by atoms with Gasteiger partial charge in [-0.25, -0.2) is 0 Å². The van der Waals surface area contributed by atoms with Crippen LogP contribution in [0.3, 0.4) is 0 Å². The highest BCUT2D eigenvalue weighted by molar-refractivity contribution is 7.18. The summed E-state index contributed by atoms with van der Waals surface area (Å²) in [5, 5.41) is 8.72. The third-order valence-corrected chi connectivity index (χ3v) is 13.2. The first-order valence-corrected chi connectivity index (χ1v) is 17.0. The summed E-state index contributed by atoms with van der Waals surface area (Å²) < 4.78 is 8.79. The molecular formula is C39H26N4OSi. The maximum absolute atomic E-state index is 6.44. The lowest BCUT2D eigenvalue weighted by molar-refractivity contribution is 0.669. The van der Waals surface area contributed by atoms with Crippen LogP contribution in [0.2, 0.25) is 0 Å². The van der Waals surface area contributed by atoms with E-state index in [1.165, 1.54) is 21.8 Å². The van der Waals surface area contributed by atoms with Gasteiger partial charge in [0.25, 0.3) is 0 Å². The van der Waals surface area contributed by atoms with Crippen LogP contribution in [0.5, 0.6) is 0 Å². The van der Waals surface area contributed by atoms with Crippen LogP contribution >= 0.6 is 0 Å². The van der Waals surface area contributed by atoms with Gasteiger partial charge >= 0.3 is 0 Å². The highest BCUT2D eigenvalue weighted by Crippen LogP contribution is 2.35. The Morgan fingerprint density at radius 2 is 0.933 bits per heavy atom. The van der Waals surface area contributed by atoms with Crippen LogP contribution in [0.25, 0.3) is 49.4 Å². The Hall–Kier alpha value is -5.85.